The van der Waals surface area contributed by atoms with Crippen LogP contribution in [0.1, 0.15) is 39.9 Å². The van der Waals surface area contributed by atoms with Crippen molar-refractivity contribution in [1.29, 1.82) is 0 Å². The van der Waals surface area contributed by atoms with Crippen LogP contribution >= 0.6 is 23.4 Å². The number of hydrogen-bond acceptors (Lipinski definition) is 3. The zero-order chi connectivity index (χ0) is 15.0. The van der Waals surface area contributed by atoms with Crippen LogP contribution in [-0.4, -0.2) is 11.7 Å². The van der Waals surface area contributed by atoms with Crippen molar-refractivity contribution in [3.8, 4) is 0 Å². The van der Waals surface area contributed by atoms with Crippen molar-refractivity contribution in [1.82, 2.24) is 5.32 Å². The van der Waals surface area contributed by atoms with Gasteiger partial charge in [0, 0.05) is 15.7 Å². The minimum Gasteiger partial charge on any atom is -0.466 e. The van der Waals surface area contributed by atoms with Crippen molar-refractivity contribution >= 4 is 29.3 Å². The Bertz CT molecular complexity index is 696. The number of aryl methyl sites for hydroxylation is 2. The number of furan rings is 1. The summed E-state index contributed by atoms with van der Waals surface area (Å²) in [5.74, 6) is 2.30. The average molecular weight is 322 g/mol. The molecular formula is C16H16ClNO2S. The maximum atomic E-state index is 12.4. The van der Waals surface area contributed by atoms with E-state index >= 15 is 0 Å². The lowest BCUT2D eigenvalue weighted by Gasteiger charge is -2.26. The number of carbonyl (C=O) groups is 1. The molecule has 2 heterocycles. The third kappa shape index (κ3) is 2.97. The lowest BCUT2D eigenvalue weighted by molar-refractivity contribution is 0.0933. The third-order valence-electron chi connectivity index (χ3n) is 3.60. The van der Waals surface area contributed by atoms with Gasteiger partial charge in [-0.3, -0.25) is 4.79 Å². The number of amides is 1. The van der Waals surface area contributed by atoms with Crippen LogP contribution in [0.4, 0.5) is 0 Å². The van der Waals surface area contributed by atoms with E-state index in [1.165, 1.54) is 4.90 Å². The largest absolute Gasteiger partial charge is 0.466 e. The normalized spacial score (nSPS) is 17.4. The molecule has 1 N–H and O–H groups in total. The summed E-state index contributed by atoms with van der Waals surface area (Å²) in [4.78, 5) is 13.6. The van der Waals surface area contributed by atoms with Crippen molar-refractivity contribution in [3.63, 3.8) is 0 Å². The standard InChI is InChI=1S/C16H16ClNO2S/c1-9-7-12(10(2)20-9)16(19)18-14-5-6-21-15-4-3-11(17)8-13(14)15/h3-4,7-8,14H,5-6H2,1-2H3,(H,18,19)/t14-/m1/s1. The Balaban J connectivity index is 1.85. The first kappa shape index (κ1) is 14.5. The highest BCUT2D eigenvalue weighted by Gasteiger charge is 2.24. The fourth-order valence-electron chi connectivity index (χ4n) is 2.61. The van der Waals surface area contributed by atoms with Gasteiger partial charge in [-0.1, -0.05) is 11.6 Å². The van der Waals surface area contributed by atoms with Crippen molar-refractivity contribution in [2.45, 2.75) is 31.2 Å². The zero-order valence-corrected chi connectivity index (χ0v) is 13.5. The maximum absolute atomic E-state index is 12.4. The average Bonchev–Trinajstić information content (AvgIpc) is 2.78. The van der Waals surface area contributed by atoms with E-state index in [0.717, 1.165) is 23.5 Å². The predicted molar refractivity (Wildman–Crippen MR) is 85.2 cm³/mol. The molecule has 3 rings (SSSR count). The molecule has 21 heavy (non-hydrogen) atoms. The monoisotopic (exact) mass is 321 g/mol. The Morgan fingerprint density at radius 2 is 2.19 bits per heavy atom. The van der Waals surface area contributed by atoms with Gasteiger partial charge in [0.15, 0.2) is 0 Å². The molecule has 0 unspecified atom stereocenters. The van der Waals surface area contributed by atoms with Gasteiger partial charge in [-0.2, -0.15) is 0 Å². The second-order valence-electron chi connectivity index (χ2n) is 5.17. The molecule has 1 aromatic carbocycles. The molecule has 5 heteroatoms. The number of benzene rings is 1. The Morgan fingerprint density at radius 1 is 1.38 bits per heavy atom. The summed E-state index contributed by atoms with van der Waals surface area (Å²) in [6.45, 7) is 3.65. The molecule has 110 valence electrons. The van der Waals surface area contributed by atoms with Crippen LogP contribution in [0.3, 0.4) is 0 Å². The van der Waals surface area contributed by atoms with Gasteiger partial charge in [0.1, 0.15) is 11.5 Å². The summed E-state index contributed by atoms with van der Waals surface area (Å²) in [6, 6.07) is 7.64. The van der Waals surface area contributed by atoms with Crippen molar-refractivity contribution < 1.29 is 9.21 Å². The molecule has 0 bridgehead atoms. The SMILES string of the molecule is Cc1cc(C(=O)N[C@@H]2CCSc3ccc(Cl)cc32)c(C)o1. The van der Waals surface area contributed by atoms with Crippen LogP contribution < -0.4 is 5.32 Å². The third-order valence-corrected chi connectivity index (χ3v) is 4.96. The topological polar surface area (TPSA) is 42.2 Å². The summed E-state index contributed by atoms with van der Waals surface area (Å²) in [7, 11) is 0. The predicted octanol–water partition coefficient (Wildman–Crippen LogP) is 4.52. The number of hydrogen-bond donors (Lipinski definition) is 1. The van der Waals surface area contributed by atoms with E-state index in [1.807, 2.05) is 32.0 Å². The molecule has 0 spiro atoms. The van der Waals surface area contributed by atoms with E-state index in [9.17, 15) is 4.79 Å². The van der Waals surface area contributed by atoms with Gasteiger partial charge in [0.2, 0.25) is 0 Å². The van der Waals surface area contributed by atoms with E-state index in [4.69, 9.17) is 16.0 Å². The summed E-state index contributed by atoms with van der Waals surface area (Å²) >= 11 is 7.89. The summed E-state index contributed by atoms with van der Waals surface area (Å²) < 4.78 is 5.43. The van der Waals surface area contributed by atoms with Crippen LogP contribution in [-0.2, 0) is 0 Å². The zero-order valence-electron chi connectivity index (χ0n) is 11.9. The maximum Gasteiger partial charge on any atom is 0.255 e. The fourth-order valence-corrected chi connectivity index (χ4v) is 3.89. The first-order valence-electron chi connectivity index (χ1n) is 6.85. The van der Waals surface area contributed by atoms with Crippen molar-refractivity contribution in [2.24, 2.45) is 0 Å². The molecule has 1 aliphatic heterocycles. The minimum absolute atomic E-state index is 0.00190. The van der Waals surface area contributed by atoms with Crippen LogP contribution in [0.2, 0.25) is 5.02 Å². The van der Waals surface area contributed by atoms with E-state index in [2.05, 4.69) is 5.32 Å². The molecule has 1 atom stereocenters. The highest BCUT2D eigenvalue weighted by molar-refractivity contribution is 7.99. The van der Waals surface area contributed by atoms with Crippen molar-refractivity contribution in [3.05, 3.63) is 51.9 Å². The number of rotatable bonds is 2. The second kappa shape index (κ2) is 5.78. The van der Waals surface area contributed by atoms with Crippen LogP contribution in [0.15, 0.2) is 33.6 Å². The van der Waals surface area contributed by atoms with Gasteiger partial charge in [-0.15, -0.1) is 11.8 Å². The Morgan fingerprint density at radius 3 is 2.90 bits per heavy atom. The first-order valence-corrected chi connectivity index (χ1v) is 8.21. The number of nitrogens with one attached hydrogen (secondary N) is 1. The van der Waals surface area contributed by atoms with Gasteiger partial charge in [-0.25, -0.2) is 0 Å². The molecule has 1 aromatic heterocycles. The molecule has 0 radical (unpaired) electrons. The first-order chi connectivity index (χ1) is 10.0. The summed E-state index contributed by atoms with van der Waals surface area (Å²) in [6.07, 6.45) is 0.902. The Hall–Kier alpha value is -1.39. The van der Waals surface area contributed by atoms with E-state index in [-0.39, 0.29) is 11.9 Å². The number of carbonyl (C=O) groups excluding carboxylic acids is 1. The van der Waals surface area contributed by atoms with Gasteiger partial charge >= 0.3 is 0 Å². The smallest absolute Gasteiger partial charge is 0.255 e. The number of thioether (sulfide) groups is 1. The number of fused-ring (bicyclic) bond motifs is 1. The van der Waals surface area contributed by atoms with E-state index in [0.29, 0.717) is 16.3 Å². The summed E-state index contributed by atoms with van der Waals surface area (Å²) in [5.41, 5.74) is 1.71. The minimum atomic E-state index is -0.0906. The molecule has 1 amide bonds. The van der Waals surface area contributed by atoms with Crippen LogP contribution in [0.5, 0.6) is 0 Å². The van der Waals surface area contributed by atoms with Gasteiger partial charge in [0.05, 0.1) is 11.6 Å². The van der Waals surface area contributed by atoms with Crippen LogP contribution in [0.25, 0.3) is 0 Å². The number of halogens is 1. The van der Waals surface area contributed by atoms with Crippen LogP contribution in [0, 0.1) is 13.8 Å². The summed E-state index contributed by atoms with van der Waals surface area (Å²) in [5, 5.41) is 3.80. The molecule has 0 fully saturated rings. The Kier molecular flexibility index (Phi) is 4.00. The van der Waals surface area contributed by atoms with E-state index in [1.54, 1.807) is 17.8 Å². The molecule has 1 aliphatic rings. The van der Waals surface area contributed by atoms with Gasteiger partial charge < -0.3 is 9.73 Å². The quantitative estimate of drug-likeness (QED) is 0.884. The lowest BCUT2D eigenvalue weighted by Crippen LogP contribution is -2.30. The molecular weight excluding hydrogens is 306 g/mol. The highest BCUT2D eigenvalue weighted by atomic mass is 35.5. The lowest BCUT2D eigenvalue weighted by atomic mass is 10.0. The van der Waals surface area contributed by atoms with Gasteiger partial charge in [0.25, 0.3) is 5.91 Å². The molecule has 3 nitrogen and oxygen atoms in total. The molecule has 0 aliphatic carbocycles. The highest BCUT2D eigenvalue weighted by Crippen LogP contribution is 2.37. The van der Waals surface area contributed by atoms with Crippen molar-refractivity contribution in [2.75, 3.05) is 5.75 Å². The Labute approximate surface area is 133 Å². The molecule has 0 saturated heterocycles. The molecule has 2 aromatic rings. The second-order valence-corrected chi connectivity index (χ2v) is 6.75. The fraction of sp³-hybridized carbons (Fsp3) is 0.312. The van der Waals surface area contributed by atoms with Gasteiger partial charge in [-0.05, 0) is 50.1 Å². The van der Waals surface area contributed by atoms with E-state index < -0.39 is 0 Å². The molecule has 0 saturated carbocycles.